The summed E-state index contributed by atoms with van der Waals surface area (Å²) in [4.78, 5) is 50.4. The Bertz CT molecular complexity index is 969. The van der Waals surface area contributed by atoms with Crippen LogP contribution >= 0.6 is 0 Å². The Morgan fingerprint density at radius 3 is 2.40 bits per heavy atom. The van der Waals surface area contributed by atoms with Crippen LogP contribution in [0.2, 0.25) is 0 Å². The number of benzene rings is 1. The Hall–Kier alpha value is -3.38. The van der Waals surface area contributed by atoms with Crippen molar-refractivity contribution in [2.45, 2.75) is 63.9 Å². The van der Waals surface area contributed by atoms with Gasteiger partial charge >= 0.3 is 5.97 Å². The maximum absolute atomic E-state index is 13.3. The number of phenols is 1. The first-order chi connectivity index (χ1) is 16.3. The van der Waals surface area contributed by atoms with Gasteiger partial charge in [-0.15, -0.1) is 0 Å². The number of aliphatic hydroxyl groups excluding tert-OH is 1. The number of carbonyl (C=O) groups excluding carboxylic acids is 3. The monoisotopic (exact) mass is 494 g/mol. The molecule has 0 saturated heterocycles. The first-order valence-corrected chi connectivity index (χ1v) is 11.3. The van der Waals surface area contributed by atoms with Crippen molar-refractivity contribution >= 4 is 23.7 Å². The molecule has 0 saturated carbocycles. The number of ether oxygens (including phenoxy) is 1. The lowest BCUT2D eigenvalue weighted by molar-refractivity contribution is -0.141. The summed E-state index contributed by atoms with van der Waals surface area (Å²) in [6.45, 7) is 5.93. The summed E-state index contributed by atoms with van der Waals surface area (Å²) in [6.07, 6.45) is -1.20. The first kappa shape index (κ1) is 27.9. The molecular weight excluding hydrogens is 460 g/mol. The van der Waals surface area contributed by atoms with Gasteiger partial charge in [0, 0.05) is 0 Å². The molecule has 0 radical (unpaired) electrons. The van der Waals surface area contributed by atoms with E-state index in [0.29, 0.717) is 0 Å². The number of carbonyl (C=O) groups is 4. The molecule has 0 aromatic heterocycles. The summed E-state index contributed by atoms with van der Waals surface area (Å²) < 4.78 is 6.05. The van der Waals surface area contributed by atoms with Crippen LogP contribution in [-0.4, -0.2) is 76.3 Å². The summed E-state index contributed by atoms with van der Waals surface area (Å²) >= 11 is 0. The lowest BCUT2D eigenvalue weighted by Crippen LogP contribution is -2.65. The van der Waals surface area contributed by atoms with Crippen molar-refractivity contribution in [3.05, 3.63) is 23.8 Å². The molecule has 3 amide bonds. The standard InChI is InChI=1S/C23H34N4O8/c1-6-23(4)19(22(34)25-10-15(29)30)27-20(32)16(11(2)3)26-21(33)17(24-5)18(31)12-7-8-13(28)14(9-12)35-23/h7-9,11,16-19,24,28,31H,6,10H2,1-5H3,(H,25,34)(H,26,33)(H,27,32)(H,29,30)/t16-,17?,18+,19+,23-/m0/s1. The topological polar surface area (TPSA) is 186 Å². The summed E-state index contributed by atoms with van der Waals surface area (Å²) in [5.41, 5.74) is -1.21. The number of aliphatic carboxylic acids is 1. The molecule has 7 N–H and O–H groups in total. The van der Waals surface area contributed by atoms with Crippen LogP contribution in [0.5, 0.6) is 11.5 Å². The number of carboxylic acids is 1. The lowest BCUT2D eigenvalue weighted by atomic mass is 9.91. The van der Waals surface area contributed by atoms with E-state index in [9.17, 15) is 29.4 Å². The molecule has 0 aliphatic carbocycles. The van der Waals surface area contributed by atoms with Crippen LogP contribution in [0.4, 0.5) is 0 Å². The van der Waals surface area contributed by atoms with E-state index in [0.717, 1.165) is 0 Å². The molecular formula is C23H34N4O8. The zero-order chi connectivity index (χ0) is 26.5. The molecule has 1 aliphatic rings. The van der Waals surface area contributed by atoms with Crippen molar-refractivity contribution in [3.63, 3.8) is 0 Å². The smallest absolute Gasteiger partial charge is 0.322 e. The number of amides is 3. The number of rotatable bonds is 6. The molecule has 1 heterocycles. The molecule has 2 rings (SSSR count). The van der Waals surface area contributed by atoms with Crippen molar-refractivity contribution in [1.82, 2.24) is 21.3 Å². The second-order valence-corrected chi connectivity index (χ2v) is 8.99. The summed E-state index contributed by atoms with van der Waals surface area (Å²) in [6, 6.07) is 0.425. The molecule has 35 heavy (non-hydrogen) atoms. The van der Waals surface area contributed by atoms with E-state index in [1.165, 1.54) is 32.2 Å². The predicted molar refractivity (Wildman–Crippen MR) is 125 cm³/mol. The summed E-state index contributed by atoms with van der Waals surface area (Å²) in [5.74, 6) is -4.25. The minimum atomic E-state index is -1.46. The van der Waals surface area contributed by atoms with Crippen LogP contribution in [0.15, 0.2) is 18.2 Å². The number of aliphatic hydroxyl groups is 1. The molecule has 0 spiro atoms. The largest absolute Gasteiger partial charge is 0.504 e. The molecule has 12 heteroatoms. The molecule has 194 valence electrons. The molecule has 1 aliphatic heterocycles. The average Bonchev–Trinajstić information content (AvgIpc) is 2.80. The minimum Gasteiger partial charge on any atom is -0.504 e. The minimum absolute atomic E-state index is 0.0916. The molecule has 12 nitrogen and oxygen atoms in total. The van der Waals surface area contributed by atoms with Gasteiger partial charge in [0.1, 0.15) is 36.4 Å². The van der Waals surface area contributed by atoms with Crippen LogP contribution in [0, 0.1) is 5.92 Å². The normalized spacial score (nSPS) is 27.4. The van der Waals surface area contributed by atoms with Gasteiger partial charge in [0.05, 0.1) is 0 Å². The van der Waals surface area contributed by atoms with E-state index in [1.807, 2.05) is 0 Å². The van der Waals surface area contributed by atoms with Gasteiger partial charge in [-0.2, -0.15) is 0 Å². The number of fused-ring (bicyclic) bond motifs is 2. The van der Waals surface area contributed by atoms with Gasteiger partial charge in [-0.05, 0) is 44.0 Å². The maximum Gasteiger partial charge on any atom is 0.322 e. The Balaban J connectivity index is 2.67. The van der Waals surface area contributed by atoms with Crippen LogP contribution in [0.1, 0.15) is 45.8 Å². The Morgan fingerprint density at radius 2 is 1.86 bits per heavy atom. The van der Waals surface area contributed by atoms with Crippen molar-refractivity contribution in [3.8, 4) is 11.5 Å². The number of hydrogen-bond acceptors (Lipinski definition) is 8. The van der Waals surface area contributed by atoms with Gasteiger partial charge in [0.15, 0.2) is 11.5 Å². The Morgan fingerprint density at radius 1 is 1.20 bits per heavy atom. The number of aromatic hydroxyl groups is 1. The average molecular weight is 495 g/mol. The highest BCUT2D eigenvalue weighted by Gasteiger charge is 2.44. The Labute approximate surface area is 203 Å². The highest BCUT2D eigenvalue weighted by Crippen LogP contribution is 2.35. The maximum atomic E-state index is 13.3. The zero-order valence-electron chi connectivity index (χ0n) is 20.4. The number of carboxylic acid groups (broad SMARTS) is 1. The fourth-order valence-electron chi connectivity index (χ4n) is 3.78. The van der Waals surface area contributed by atoms with Crippen LogP contribution in [0.3, 0.4) is 0 Å². The van der Waals surface area contributed by atoms with Gasteiger partial charge in [0.25, 0.3) is 0 Å². The van der Waals surface area contributed by atoms with Crippen LogP contribution in [0.25, 0.3) is 0 Å². The van der Waals surface area contributed by atoms with E-state index in [2.05, 4.69) is 21.3 Å². The van der Waals surface area contributed by atoms with Crippen molar-refractivity contribution in [2.75, 3.05) is 13.6 Å². The zero-order valence-corrected chi connectivity index (χ0v) is 20.4. The fraction of sp³-hybridized carbons (Fsp3) is 0.565. The summed E-state index contributed by atoms with van der Waals surface area (Å²) in [7, 11) is 1.48. The number of phenolic OH excluding ortho intramolecular Hbond substituents is 1. The van der Waals surface area contributed by atoms with Gasteiger partial charge in [-0.1, -0.05) is 26.8 Å². The van der Waals surface area contributed by atoms with Crippen molar-refractivity contribution < 1.29 is 39.2 Å². The fourth-order valence-corrected chi connectivity index (χ4v) is 3.78. The quantitative estimate of drug-likeness (QED) is 0.271. The molecule has 1 aromatic carbocycles. The van der Waals surface area contributed by atoms with Gasteiger partial charge < -0.3 is 41.3 Å². The van der Waals surface area contributed by atoms with Crippen LogP contribution < -0.4 is 26.0 Å². The number of hydrogen-bond donors (Lipinski definition) is 7. The van der Waals surface area contributed by atoms with Crippen LogP contribution in [-0.2, 0) is 19.2 Å². The van der Waals surface area contributed by atoms with E-state index < -0.39 is 66.0 Å². The molecule has 1 unspecified atom stereocenters. The van der Waals surface area contributed by atoms with Gasteiger partial charge in [-0.3, -0.25) is 19.2 Å². The van der Waals surface area contributed by atoms with Gasteiger partial charge in [0.2, 0.25) is 17.7 Å². The lowest BCUT2D eigenvalue weighted by Gasteiger charge is -2.37. The van der Waals surface area contributed by atoms with Crippen molar-refractivity contribution in [1.29, 1.82) is 0 Å². The summed E-state index contributed by atoms with van der Waals surface area (Å²) in [5, 5.41) is 40.5. The SMILES string of the molecule is CC[C@]1(C)Oc2cc(ccc2O)[C@@H](O)C(NC)C(=O)N[C@@H](C(C)C)C(=O)N[C@@H]1C(=O)NCC(=O)O. The van der Waals surface area contributed by atoms with E-state index in [-0.39, 0.29) is 23.5 Å². The second kappa shape index (κ2) is 11.4. The third kappa shape index (κ3) is 6.40. The van der Waals surface area contributed by atoms with E-state index in [1.54, 1.807) is 20.8 Å². The second-order valence-electron chi connectivity index (χ2n) is 8.99. The first-order valence-electron chi connectivity index (χ1n) is 11.3. The third-order valence-corrected chi connectivity index (χ3v) is 6.10. The van der Waals surface area contributed by atoms with Crippen molar-refractivity contribution in [2.24, 2.45) is 5.92 Å². The van der Waals surface area contributed by atoms with E-state index >= 15 is 0 Å². The molecule has 0 fully saturated rings. The van der Waals surface area contributed by atoms with Gasteiger partial charge in [-0.25, -0.2) is 0 Å². The highest BCUT2D eigenvalue weighted by molar-refractivity contribution is 5.94. The third-order valence-electron chi connectivity index (χ3n) is 6.10. The molecule has 2 bridgehead atoms. The number of nitrogens with one attached hydrogen (secondary N) is 4. The highest BCUT2D eigenvalue weighted by atomic mass is 16.5. The Kier molecular flexibility index (Phi) is 9.05. The molecule has 1 aromatic rings. The number of likely N-dealkylation sites (N-methyl/N-ethyl adjacent to an activating group) is 1. The predicted octanol–water partition coefficient (Wildman–Crippen LogP) is -0.599. The molecule has 5 atom stereocenters. The van der Waals surface area contributed by atoms with E-state index in [4.69, 9.17) is 9.84 Å².